The third kappa shape index (κ3) is 4.50. The second-order valence-electron chi connectivity index (χ2n) is 3.50. The van der Waals surface area contributed by atoms with Crippen LogP contribution in [0.2, 0.25) is 0 Å². The van der Waals surface area contributed by atoms with Crippen LogP contribution in [0, 0.1) is 5.92 Å². The summed E-state index contributed by atoms with van der Waals surface area (Å²) in [5.41, 5.74) is 0. The summed E-state index contributed by atoms with van der Waals surface area (Å²) in [5, 5.41) is 3.33. The van der Waals surface area contributed by atoms with Gasteiger partial charge in [-0.3, -0.25) is 4.79 Å². The van der Waals surface area contributed by atoms with Gasteiger partial charge in [0, 0.05) is 18.9 Å². The quantitative estimate of drug-likeness (QED) is 0.662. The Kier molecular flexibility index (Phi) is 5.99. The molecule has 1 N–H and O–H groups in total. The van der Waals surface area contributed by atoms with Crippen molar-refractivity contribution in [2.24, 2.45) is 5.92 Å². The number of hydrogen-bond acceptors (Lipinski definition) is 2. The van der Waals surface area contributed by atoms with E-state index in [2.05, 4.69) is 26.1 Å². The van der Waals surface area contributed by atoms with Gasteiger partial charge in [-0.2, -0.15) is 0 Å². The highest BCUT2D eigenvalue weighted by Crippen LogP contribution is 2.07. The van der Waals surface area contributed by atoms with Gasteiger partial charge in [0.15, 0.2) is 0 Å². The maximum absolute atomic E-state index is 11.2. The van der Waals surface area contributed by atoms with Crippen LogP contribution in [0.1, 0.15) is 40.5 Å². The first kappa shape index (κ1) is 11.6. The fraction of sp³-hybridized carbons (Fsp3) is 0.900. The third-order valence-electron chi connectivity index (χ3n) is 2.11. The predicted molar refractivity (Wildman–Crippen MR) is 52.2 cm³/mol. The Morgan fingerprint density at radius 1 is 1.33 bits per heavy atom. The van der Waals surface area contributed by atoms with E-state index in [4.69, 9.17) is 0 Å². The van der Waals surface area contributed by atoms with Crippen molar-refractivity contribution in [2.45, 2.75) is 46.6 Å². The zero-order valence-corrected chi connectivity index (χ0v) is 8.68. The lowest BCUT2D eigenvalue weighted by Gasteiger charge is -2.20. The zero-order valence-electron chi connectivity index (χ0n) is 8.68. The molecule has 0 aliphatic heterocycles. The lowest BCUT2D eigenvalue weighted by Crippen LogP contribution is -2.35. The number of hydrogen-bond donors (Lipinski definition) is 1. The molecule has 0 rings (SSSR count). The van der Waals surface area contributed by atoms with Crippen LogP contribution < -0.4 is 5.32 Å². The Labute approximate surface area is 75.7 Å². The van der Waals surface area contributed by atoms with E-state index in [-0.39, 0.29) is 0 Å². The molecule has 0 saturated heterocycles. The number of carbonyl (C=O) groups is 1. The number of carbonyl (C=O) groups excluding carboxylic acids is 1. The Hall–Kier alpha value is -0.370. The molecule has 72 valence electrons. The van der Waals surface area contributed by atoms with Crippen molar-refractivity contribution in [3.63, 3.8) is 0 Å². The van der Waals surface area contributed by atoms with Crippen molar-refractivity contribution in [3.05, 3.63) is 0 Å². The van der Waals surface area contributed by atoms with Crippen LogP contribution in [0.25, 0.3) is 0 Å². The minimum absolute atomic E-state index is 0.356. The van der Waals surface area contributed by atoms with E-state index in [1.54, 1.807) is 0 Å². The van der Waals surface area contributed by atoms with Gasteiger partial charge in [-0.05, 0) is 12.5 Å². The highest BCUT2D eigenvalue weighted by Gasteiger charge is 2.14. The highest BCUT2D eigenvalue weighted by atomic mass is 16.1. The lowest BCUT2D eigenvalue weighted by atomic mass is 9.98. The minimum Gasteiger partial charge on any atom is -0.314 e. The molecular formula is C10H21NO. The Morgan fingerprint density at radius 3 is 2.25 bits per heavy atom. The summed E-state index contributed by atoms with van der Waals surface area (Å²) in [5.74, 6) is 0.898. The zero-order chi connectivity index (χ0) is 9.56. The normalized spacial score (nSPS) is 13.4. The van der Waals surface area contributed by atoms with E-state index in [0.29, 0.717) is 30.6 Å². The molecular weight excluding hydrogens is 150 g/mol. The van der Waals surface area contributed by atoms with E-state index in [0.717, 1.165) is 6.54 Å². The second kappa shape index (κ2) is 6.18. The first-order valence-corrected chi connectivity index (χ1v) is 4.86. The lowest BCUT2D eigenvalue weighted by molar-refractivity contribution is -0.119. The maximum Gasteiger partial charge on any atom is 0.134 e. The van der Waals surface area contributed by atoms with E-state index in [1.165, 1.54) is 0 Å². The van der Waals surface area contributed by atoms with Gasteiger partial charge in [0.1, 0.15) is 5.78 Å². The Balaban J connectivity index is 3.86. The Bertz CT molecular complexity index is 132. The van der Waals surface area contributed by atoms with Crippen LogP contribution in [0.4, 0.5) is 0 Å². The molecule has 1 atom stereocenters. The van der Waals surface area contributed by atoms with Crippen LogP contribution >= 0.6 is 0 Å². The van der Waals surface area contributed by atoms with Gasteiger partial charge < -0.3 is 5.32 Å². The van der Waals surface area contributed by atoms with Gasteiger partial charge in [0.2, 0.25) is 0 Å². The van der Waals surface area contributed by atoms with Crippen molar-refractivity contribution >= 4 is 5.78 Å². The summed E-state index contributed by atoms with van der Waals surface area (Å²) in [7, 11) is 0. The summed E-state index contributed by atoms with van der Waals surface area (Å²) in [6.45, 7) is 9.24. The molecule has 12 heavy (non-hydrogen) atoms. The number of Topliss-reactive ketones (excluding diaryl/α,β-unsaturated/α-hetero) is 1. The van der Waals surface area contributed by atoms with Crippen molar-refractivity contribution in [1.82, 2.24) is 5.32 Å². The standard InChI is InChI=1S/C10H21NO/c1-5-9(12)7-10(8(3)4)11-6-2/h8,10-11H,5-7H2,1-4H3. The van der Waals surface area contributed by atoms with Gasteiger partial charge in [-0.25, -0.2) is 0 Å². The molecule has 0 spiro atoms. The van der Waals surface area contributed by atoms with Crippen molar-refractivity contribution in [1.29, 1.82) is 0 Å². The predicted octanol–water partition coefficient (Wildman–Crippen LogP) is 1.99. The SMILES string of the molecule is CCNC(CC(=O)CC)C(C)C. The highest BCUT2D eigenvalue weighted by molar-refractivity contribution is 5.78. The van der Waals surface area contributed by atoms with Crippen LogP contribution in [-0.2, 0) is 4.79 Å². The van der Waals surface area contributed by atoms with Crippen LogP contribution in [0.5, 0.6) is 0 Å². The molecule has 0 radical (unpaired) electrons. The second-order valence-corrected chi connectivity index (χ2v) is 3.50. The molecule has 0 fully saturated rings. The van der Waals surface area contributed by atoms with E-state index >= 15 is 0 Å². The van der Waals surface area contributed by atoms with Gasteiger partial charge >= 0.3 is 0 Å². The molecule has 0 amide bonds. The molecule has 2 heteroatoms. The van der Waals surface area contributed by atoms with Crippen LogP contribution in [0.15, 0.2) is 0 Å². The summed E-state index contributed by atoms with van der Waals surface area (Å²) in [6, 6.07) is 0.363. The van der Waals surface area contributed by atoms with E-state index in [9.17, 15) is 4.79 Å². The topological polar surface area (TPSA) is 29.1 Å². The third-order valence-corrected chi connectivity index (χ3v) is 2.11. The van der Waals surface area contributed by atoms with Crippen molar-refractivity contribution in [2.75, 3.05) is 6.54 Å². The number of ketones is 1. The number of nitrogens with one attached hydrogen (secondary N) is 1. The molecule has 0 aliphatic rings. The molecule has 0 aromatic carbocycles. The monoisotopic (exact) mass is 171 g/mol. The summed E-state index contributed by atoms with van der Waals surface area (Å²) in [6.07, 6.45) is 1.34. The average molecular weight is 171 g/mol. The molecule has 0 saturated carbocycles. The van der Waals surface area contributed by atoms with Gasteiger partial charge in [-0.15, -0.1) is 0 Å². The summed E-state index contributed by atoms with van der Waals surface area (Å²) >= 11 is 0. The van der Waals surface area contributed by atoms with Gasteiger partial charge in [-0.1, -0.05) is 27.7 Å². The first-order valence-electron chi connectivity index (χ1n) is 4.86. The minimum atomic E-state index is 0.356. The largest absolute Gasteiger partial charge is 0.314 e. The average Bonchev–Trinajstić information content (AvgIpc) is 2.03. The van der Waals surface area contributed by atoms with E-state index < -0.39 is 0 Å². The first-order chi connectivity index (χ1) is 5.61. The van der Waals surface area contributed by atoms with Crippen LogP contribution in [0.3, 0.4) is 0 Å². The number of rotatable bonds is 6. The van der Waals surface area contributed by atoms with Crippen molar-refractivity contribution in [3.8, 4) is 0 Å². The fourth-order valence-electron chi connectivity index (χ4n) is 1.20. The molecule has 0 aromatic rings. The molecule has 2 nitrogen and oxygen atoms in total. The van der Waals surface area contributed by atoms with E-state index in [1.807, 2.05) is 6.92 Å². The Morgan fingerprint density at radius 2 is 1.92 bits per heavy atom. The van der Waals surface area contributed by atoms with Gasteiger partial charge in [0.05, 0.1) is 0 Å². The summed E-state index contributed by atoms with van der Waals surface area (Å²) < 4.78 is 0. The van der Waals surface area contributed by atoms with Gasteiger partial charge in [0.25, 0.3) is 0 Å². The van der Waals surface area contributed by atoms with Crippen LogP contribution in [-0.4, -0.2) is 18.4 Å². The summed E-state index contributed by atoms with van der Waals surface area (Å²) in [4.78, 5) is 11.2. The molecule has 0 heterocycles. The fourth-order valence-corrected chi connectivity index (χ4v) is 1.20. The smallest absolute Gasteiger partial charge is 0.134 e. The molecule has 1 unspecified atom stereocenters. The molecule has 0 bridgehead atoms. The van der Waals surface area contributed by atoms with Crippen molar-refractivity contribution < 1.29 is 4.79 Å². The molecule has 0 aromatic heterocycles. The maximum atomic E-state index is 11.2. The molecule has 0 aliphatic carbocycles.